The monoisotopic (exact) mass is 285 g/mol. The Labute approximate surface area is 122 Å². The molecule has 0 amide bonds. The van der Waals surface area contributed by atoms with Crippen LogP contribution in [0.25, 0.3) is 0 Å². The summed E-state index contributed by atoms with van der Waals surface area (Å²) in [7, 11) is -0.00218. The van der Waals surface area contributed by atoms with Crippen LogP contribution in [-0.4, -0.2) is 31.3 Å². The van der Waals surface area contributed by atoms with Gasteiger partial charge < -0.3 is 14.6 Å². The van der Waals surface area contributed by atoms with E-state index in [1.807, 2.05) is 0 Å². The van der Waals surface area contributed by atoms with Gasteiger partial charge in [-0.3, -0.25) is 0 Å². The second-order valence-electron chi connectivity index (χ2n) is 7.54. The fourth-order valence-corrected chi connectivity index (χ4v) is 5.01. The zero-order valence-corrected chi connectivity index (χ0v) is 13.0. The largest absolute Gasteiger partial charge is 0.475 e. The number of rotatable bonds is 1. The Morgan fingerprint density at radius 1 is 1.21 bits per heavy atom. The first kappa shape index (κ1) is 14.2. The predicted molar refractivity (Wildman–Crippen MR) is 78.4 cm³/mol. The molecule has 108 valence electrons. The molecule has 0 aromatic heterocycles. The van der Waals surface area contributed by atoms with Crippen molar-refractivity contribution in [3.8, 4) is 0 Å². The molecule has 2 saturated heterocycles. The Hall–Kier alpha value is 0.235. The minimum atomic E-state index is -0.0345. The minimum absolute atomic E-state index is 0. The van der Waals surface area contributed by atoms with Crippen LogP contribution >= 0.6 is 12.4 Å². The molecule has 0 unspecified atom stereocenters. The molecule has 5 rings (SSSR count). The molecule has 2 aliphatic heterocycles. The minimum Gasteiger partial charge on any atom is -0.404 e. The summed E-state index contributed by atoms with van der Waals surface area (Å²) in [5.41, 5.74) is 0.416. The first-order chi connectivity index (χ1) is 8.52. The van der Waals surface area contributed by atoms with E-state index in [-0.39, 0.29) is 25.1 Å². The maximum Gasteiger partial charge on any atom is 0.475 e. The van der Waals surface area contributed by atoms with Crippen molar-refractivity contribution >= 4 is 19.5 Å². The van der Waals surface area contributed by atoms with Crippen molar-refractivity contribution in [3.63, 3.8) is 0 Å². The second-order valence-corrected chi connectivity index (χ2v) is 7.54. The van der Waals surface area contributed by atoms with Gasteiger partial charge in [0.05, 0.1) is 11.7 Å². The first-order valence-electron chi connectivity index (χ1n) is 7.58. The SMILES string of the molecule is CC1(C)[C@@H]2C[C@H]3OB([C@H]4CCCN4)O[C@]3(C)[C@H]1C2.Cl. The van der Waals surface area contributed by atoms with Gasteiger partial charge in [-0.2, -0.15) is 0 Å². The lowest BCUT2D eigenvalue weighted by Crippen LogP contribution is -2.65. The zero-order valence-electron chi connectivity index (χ0n) is 12.1. The Balaban J connectivity index is 0.00000110. The van der Waals surface area contributed by atoms with Gasteiger partial charge in [0.25, 0.3) is 0 Å². The third-order valence-electron chi connectivity index (χ3n) is 6.40. The molecule has 2 heterocycles. The Morgan fingerprint density at radius 2 is 2.00 bits per heavy atom. The molecule has 19 heavy (non-hydrogen) atoms. The van der Waals surface area contributed by atoms with Gasteiger partial charge >= 0.3 is 7.12 Å². The van der Waals surface area contributed by atoms with E-state index in [2.05, 4.69) is 26.1 Å². The van der Waals surface area contributed by atoms with Crippen LogP contribution in [0.4, 0.5) is 0 Å². The number of hydrogen-bond acceptors (Lipinski definition) is 3. The molecule has 5 fully saturated rings. The molecule has 3 saturated carbocycles. The lowest BCUT2D eigenvalue weighted by atomic mass is 9.43. The highest BCUT2D eigenvalue weighted by Crippen LogP contribution is 2.65. The molecule has 5 heteroatoms. The first-order valence-corrected chi connectivity index (χ1v) is 7.58. The summed E-state index contributed by atoms with van der Waals surface area (Å²) in [6.07, 6.45) is 5.33. The van der Waals surface area contributed by atoms with Crippen LogP contribution < -0.4 is 5.32 Å². The van der Waals surface area contributed by atoms with Crippen LogP contribution in [-0.2, 0) is 9.31 Å². The Bertz CT molecular complexity index is 374. The van der Waals surface area contributed by atoms with Gasteiger partial charge in [-0.05, 0) is 56.4 Å². The molecule has 3 aliphatic carbocycles. The van der Waals surface area contributed by atoms with E-state index < -0.39 is 0 Å². The molecule has 0 aromatic carbocycles. The van der Waals surface area contributed by atoms with Crippen molar-refractivity contribution in [1.82, 2.24) is 5.32 Å². The van der Waals surface area contributed by atoms with E-state index in [0.717, 1.165) is 12.5 Å². The average molecular weight is 286 g/mol. The van der Waals surface area contributed by atoms with Crippen LogP contribution in [0.1, 0.15) is 46.5 Å². The van der Waals surface area contributed by atoms with Crippen molar-refractivity contribution < 1.29 is 9.31 Å². The average Bonchev–Trinajstić information content (AvgIpc) is 2.92. The molecule has 3 nitrogen and oxygen atoms in total. The van der Waals surface area contributed by atoms with Gasteiger partial charge in [-0.1, -0.05) is 13.8 Å². The summed E-state index contributed by atoms with van der Waals surface area (Å²) in [5, 5.41) is 3.52. The molecule has 2 bridgehead atoms. The van der Waals surface area contributed by atoms with Crippen molar-refractivity contribution in [1.29, 1.82) is 0 Å². The molecule has 0 spiro atoms. The highest BCUT2D eigenvalue weighted by molar-refractivity contribution is 6.47. The number of hydrogen-bond donors (Lipinski definition) is 1. The van der Waals surface area contributed by atoms with E-state index in [0.29, 0.717) is 23.4 Å². The van der Waals surface area contributed by atoms with Crippen molar-refractivity contribution in [2.75, 3.05) is 6.54 Å². The fourth-order valence-electron chi connectivity index (χ4n) is 5.01. The summed E-state index contributed by atoms with van der Waals surface area (Å²) < 4.78 is 12.7. The van der Waals surface area contributed by atoms with Gasteiger partial charge in [-0.15, -0.1) is 12.4 Å². The molecule has 0 radical (unpaired) electrons. The lowest BCUT2D eigenvalue weighted by Gasteiger charge is -2.64. The quantitative estimate of drug-likeness (QED) is 0.751. The summed E-state index contributed by atoms with van der Waals surface area (Å²) in [6, 6.07) is 0. The van der Waals surface area contributed by atoms with Gasteiger partial charge in [0.2, 0.25) is 0 Å². The smallest absolute Gasteiger partial charge is 0.404 e. The summed E-state index contributed by atoms with van der Waals surface area (Å²) in [6.45, 7) is 8.25. The van der Waals surface area contributed by atoms with E-state index in [9.17, 15) is 0 Å². The molecular formula is C14H25BClNO2. The predicted octanol–water partition coefficient (Wildman–Crippen LogP) is 2.43. The van der Waals surface area contributed by atoms with E-state index in [1.165, 1.54) is 25.7 Å². The third-order valence-corrected chi connectivity index (χ3v) is 6.40. The van der Waals surface area contributed by atoms with Gasteiger partial charge in [-0.25, -0.2) is 0 Å². The maximum absolute atomic E-state index is 6.44. The highest BCUT2D eigenvalue weighted by atomic mass is 35.5. The van der Waals surface area contributed by atoms with Crippen LogP contribution in [0, 0.1) is 17.3 Å². The summed E-state index contributed by atoms with van der Waals surface area (Å²) >= 11 is 0. The Kier molecular flexibility index (Phi) is 3.26. The highest BCUT2D eigenvalue weighted by Gasteiger charge is 2.68. The van der Waals surface area contributed by atoms with Gasteiger partial charge in [0.15, 0.2) is 0 Å². The van der Waals surface area contributed by atoms with E-state index in [4.69, 9.17) is 9.31 Å². The number of nitrogens with one attached hydrogen (secondary N) is 1. The summed E-state index contributed by atoms with van der Waals surface area (Å²) in [4.78, 5) is 0. The van der Waals surface area contributed by atoms with Gasteiger partial charge in [0.1, 0.15) is 0 Å². The van der Waals surface area contributed by atoms with Crippen molar-refractivity contribution in [2.45, 2.75) is 64.1 Å². The Morgan fingerprint density at radius 3 is 2.63 bits per heavy atom. The second kappa shape index (κ2) is 4.36. The van der Waals surface area contributed by atoms with Crippen molar-refractivity contribution in [3.05, 3.63) is 0 Å². The molecule has 1 N–H and O–H groups in total. The lowest BCUT2D eigenvalue weighted by molar-refractivity contribution is -0.199. The molecule has 0 aromatic rings. The van der Waals surface area contributed by atoms with E-state index in [1.54, 1.807) is 0 Å². The fraction of sp³-hybridized carbons (Fsp3) is 1.00. The van der Waals surface area contributed by atoms with Crippen LogP contribution in [0.2, 0.25) is 0 Å². The molecule has 5 atom stereocenters. The standard InChI is InChI=1S/C14H24BNO2.ClH/c1-13(2)9-7-10(13)14(3)11(8-9)17-15(18-14)12-5-4-6-16-12;/h9-12,16H,4-8H2,1-3H3;1H/t9-,10-,11+,12+,14+;/m0./s1. The molecular weight excluding hydrogens is 260 g/mol. The number of halogens is 1. The maximum atomic E-state index is 6.44. The molecule has 5 aliphatic rings. The normalized spacial score (nSPS) is 50.4. The topological polar surface area (TPSA) is 30.5 Å². The van der Waals surface area contributed by atoms with Crippen LogP contribution in [0.5, 0.6) is 0 Å². The van der Waals surface area contributed by atoms with Crippen LogP contribution in [0.3, 0.4) is 0 Å². The van der Waals surface area contributed by atoms with Crippen molar-refractivity contribution in [2.24, 2.45) is 17.3 Å². The third kappa shape index (κ3) is 1.76. The summed E-state index contributed by atoms with van der Waals surface area (Å²) in [5.74, 6) is 1.95. The van der Waals surface area contributed by atoms with E-state index >= 15 is 0 Å². The van der Waals surface area contributed by atoms with Crippen LogP contribution in [0.15, 0.2) is 0 Å². The zero-order chi connectivity index (χ0) is 12.5. The van der Waals surface area contributed by atoms with Gasteiger partial charge in [0, 0.05) is 5.94 Å².